The molecule has 0 aliphatic heterocycles. The van der Waals surface area contributed by atoms with Crippen LogP contribution in [0.25, 0.3) is 6.08 Å². The Hall–Kier alpha value is -1.42. The Kier molecular flexibility index (Phi) is 7.11. The number of amides is 1. The van der Waals surface area contributed by atoms with Crippen molar-refractivity contribution in [3.63, 3.8) is 0 Å². The highest BCUT2D eigenvalue weighted by atomic mass is 32.2. The normalized spacial score (nSPS) is 10.7. The summed E-state index contributed by atoms with van der Waals surface area (Å²) >= 11 is 1.75. The fourth-order valence-corrected chi connectivity index (χ4v) is 2.02. The van der Waals surface area contributed by atoms with Gasteiger partial charge in [-0.1, -0.05) is 12.1 Å². The fourth-order valence-electron chi connectivity index (χ4n) is 1.61. The van der Waals surface area contributed by atoms with Gasteiger partial charge in [0.25, 0.3) is 0 Å². The van der Waals surface area contributed by atoms with E-state index >= 15 is 0 Å². The minimum absolute atomic E-state index is 0.0624. The molecule has 0 aliphatic carbocycles. The highest BCUT2D eigenvalue weighted by Gasteiger charge is 2.06. The van der Waals surface area contributed by atoms with Crippen LogP contribution in [0.5, 0.6) is 5.75 Å². The third-order valence-corrected chi connectivity index (χ3v) is 3.38. The first-order chi connectivity index (χ1) is 9.21. The number of carbonyl (C=O) groups is 1. The van der Waals surface area contributed by atoms with Crippen molar-refractivity contribution >= 4 is 23.7 Å². The lowest BCUT2D eigenvalue weighted by Crippen LogP contribution is -2.31. The quantitative estimate of drug-likeness (QED) is 0.719. The van der Waals surface area contributed by atoms with E-state index in [2.05, 4.69) is 0 Å². The lowest BCUT2D eigenvalue weighted by atomic mass is 10.2. The van der Waals surface area contributed by atoms with E-state index in [0.717, 1.165) is 30.2 Å². The van der Waals surface area contributed by atoms with E-state index in [4.69, 9.17) is 4.74 Å². The highest BCUT2D eigenvalue weighted by molar-refractivity contribution is 7.98. The smallest absolute Gasteiger partial charge is 0.246 e. The van der Waals surface area contributed by atoms with Crippen molar-refractivity contribution in [2.45, 2.75) is 6.92 Å². The summed E-state index contributed by atoms with van der Waals surface area (Å²) in [5, 5.41) is 0. The molecule has 0 atom stereocenters. The lowest BCUT2D eigenvalue weighted by Gasteiger charge is -2.18. The van der Waals surface area contributed by atoms with Crippen molar-refractivity contribution in [3.8, 4) is 5.75 Å². The Labute approximate surface area is 119 Å². The Morgan fingerprint density at radius 1 is 1.37 bits per heavy atom. The van der Waals surface area contributed by atoms with E-state index in [1.165, 1.54) is 0 Å². The van der Waals surface area contributed by atoms with Crippen LogP contribution in [0.15, 0.2) is 30.3 Å². The standard InChI is InChI=1S/C15H21NO2S/c1-4-16(11-12-19-3)15(17)10-7-13-5-8-14(18-2)9-6-13/h5-10H,4,11-12H2,1-3H3. The first-order valence-corrected chi connectivity index (χ1v) is 7.70. The molecule has 0 N–H and O–H groups in total. The molecule has 1 aromatic carbocycles. The van der Waals surface area contributed by atoms with Crippen molar-refractivity contribution < 1.29 is 9.53 Å². The molecule has 0 saturated carbocycles. The number of benzene rings is 1. The maximum atomic E-state index is 12.0. The van der Waals surface area contributed by atoms with Gasteiger partial charge in [-0.15, -0.1) is 0 Å². The molecule has 104 valence electrons. The number of nitrogens with zero attached hydrogens (tertiary/aromatic N) is 1. The monoisotopic (exact) mass is 279 g/mol. The molecule has 0 aromatic heterocycles. The second kappa shape index (κ2) is 8.64. The van der Waals surface area contributed by atoms with Crippen LogP contribution in [0.2, 0.25) is 0 Å². The molecular formula is C15H21NO2S. The van der Waals surface area contributed by atoms with E-state index in [9.17, 15) is 4.79 Å². The Bertz CT molecular complexity index is 415. The molecule has 0 heterocycles. The molecular weight excluding hydrogens is 258 g/mol. The van der Waals surface area contributed by atoms with Crippen LogP contribution in [0.3, 0.4) is 0 Å². The van der Waals surface area contributed by atoms with Crippen LogP contribution >= 0.6 is 11.8 Å². The Balaban J connectivity index is 2.60. The minimum atomic E-state index is 0.0624. The summed E-state index contributed by atoms with van der Waals surface area (Å²) in [4.78, 5) is 13.8. The third-order valence-electron chi connectivity index (χ3n) is 2.79. The summed E-state index contributed by atoms with van der Waals surface area (Å²) in [5.74, 6) is 1.85. The number of rotatable bonds is 7. The van der Waals surface area contributed by atoms with Gasteiger partial charge >= 0.3 is 0 Å². The number of methoxy groups -OCH3 is 1. The highest BCUT2D eigenvalue weighted by Crippen LogP contribution is 2.12. The largest absolute Gasteiger partial charge is 0.497 e. The Morgan fingerprint density at radius 2 is 2.05 bits per heavy atom. The Morgan fingerprint density at radius 3 is 2.58 bits per heavy atom. The lowest BCUT2D eigenvalue weighted by molar-refractivity contribution is -0.125. The molecule has 0 radical (unpaired) electrons. The van der Waals surface area contributed by atoms with Crippen LogP contribution in [-0.4, -0.2) is 43.0 Å². The predicted molar refractivity (Wildman–Crippen MR) is 82.7 cm³/mol. The zero-order valence-corrected chi connectivity index (χ0v) is 12.6. The summed E-state index contributed by atoms with van der Waals surface area (Å²) in [6.45, 7) is 3.54. The van der Waals surface area contributed by atoms with E-state index in [1.807, 2.05) is 48.4 Å². The molecule has 1 amide bonds. The molecule has 0 unspecified atom stereocenters. The third kappa shape index (κ3) is 5.39. The van der Waals surface area contributed by atoms with Gasteiger partial charge in [-0.2, -0.15) is 11.8 Å². The molecule has 0 saturated heterocycles. The maximum absolute atomic E-state index is 12.0. The number of ether oxygens (including phenoxy) is 1. The van der Waals surface area contributed by atoms with Crippen LogP contribution in [0.1, 0.15) is 12.5 Å². The van der Waals surface area contributed by atoms with Gasteiger partial charge in [0.2, 0.25) is 5.91 Å². The molecule has 4 heteroatoms. The fraction of sp³-hybridized carbons (Fsp3) is 0.400. The average molecular weight is 279 g/mol. The molecule has 19 heavy (non-hydrogen) atoms. The van der Waals surface area contributed by atoms with Gasteiger partial charge in [0.15, 0.2) is 0 Å². The van der Waals surface area contributed by atoms with E-state index in [-0.39, 0.29) is 5.91 Å². The van der Waals surface area contributed by atoms with Gasteiger partial charge in [0.1, 0.15) is 5.75 Å². The number of likely N-dealkylation sites (N-methyl/N-ethyl adjacent to an activating group) is 1. The number of thioether (sulfide) groups is 1. The first-order valence-electron chi connectivity index (χ1n) is 6.31. The summed E-state index contributed by atoms with van der Waals surface area (Å²) in [5.41, 5.74) is 0.995. The topological polar surface area (TPSA) is 29.5 Å². The molecule has 3 nitrogen and oxygen atoms in total. The van der Waals surface area contributed by atoms with Crippen molar-refractivity contribution in [1.29, 1.82) is 0 Å². The van der Waals surface area contributed by atoms with Gasteiger partial charge in [0, 0.05) is 24.9 Å². The summed E-state index contributed by atoms with van der Waals surface area (Å²) in [6.07, 6.45) is 5.51. The molecule has 1 rings (SSSR count). The van der Waals surface area contributed by atoms with E-state index in [0.29, 0.717) is 0 Å². The van der Waals surface area contributed by atoms with Gasteiger partial charge in [-0.3, -0.25) is 4.79 Å². The van der Waals surface area contributed by atoms with Crippen molar-refractivity contribution in [3.05, 3.63) is 35.9 Å². The molecule has 0 bridgehead atoms. The van der Waals surface area contributed by atoms with Crippen molar-refractivity contribution in [1.82, 2.24) is 4.90 Å². The van der Waals surface area contributed by atoms with Gasteiger partial charge < -0.3 is 9.64 Å². The average Bonchev–Trinajstić information content (AvgIpc) is 2.46. The molecule has 0 aliphatic rings. The number of hydrogen-bond donors (Lipinski definition) is 0. The summed E-state index contributed by atoms with van der Waals surface area (Å²) in [6, 6.07) is 7.63. The number of carbonyl (C=O) groups excluding carboxylic acids is 1. The second-order valence-electron chi connectivity index (χ2n) is 4.02. The van der Waals surface area contributed by atoms with Crippen LogP contribution in [0.4, 0.5) is 0 Å². The molecule has 0 fully saturated rings. The van der Waals surface area contributed by atoms with Crippen molar-refractivity contribution in [2.24, 2.45) is 0 Å². The minimum Gasteiger partial charge on any atom is -0.497 e. The summed E-state index contributed by atoms with van der Waals surface area (Å²) in [7, 11) is 1.64. The van der Waals surface area contributed by atoms with Gasteiger partial charge in [0.05, 0.1) is 7.11 Å². The SMILES string of the molecule is CCN(CCSC)C(=O)C=Cc1ccc(OC)cc1. The van der Waals surface area contributed by atoms with Crippen LogP contribution in [-0.2, 0) is 4.79 Å². The second-order valence-corrected chi connectivity index (χ2v) is 5.00. The first kappa shape index (κ1) is 15.6. The van der Waals surface area contributed by atoms with E-state index in [1.54, 1.807) is 24.9 Å². The van der Waals surface area contributed by atoms with E-state index < -0.39 is 0 Å². The van der Waals surface area contributed by atoms with Crippen LogP contribution in [0, 0.1) is 0 Å². The predicted octanol–water partition coefficient (Wildman–Crippen LogP) is 2.92. The van der Waals surface area contributed by atoms with Crippen molar-refractivity contribution in [2.75, 3.05) is 32.2 Å². The zero-order valence-electron chi connectivity index (χ0n) is 11.8. The van der Waals surface area contributed by atoms with Gasteiger partial charge in [-0.05, 0) is 37.0 Å². The van der Waals surface area contributed by atoms with Crippen LogP contribution < -0.4 is 4.74 Å². The molecule has 0 spiro atoms. The zero-order chi connectivity index (χ0) is 14.1. The number of hydrogen-bond acceptors (Lipinski definition) is 3. The summed E-state index contributed by atoms with van der Waals surface area (Å²) < 4.78 is 5.09. The maximum Gasteiger partial charge on any atom is 0.246 e. The van der Waals surface area contributed by atoms with Gasteiger partial charge in [-0.25, -0.2) is 0 Å². The molecule has 1 aromatic rings.